The summed E-state index contributed by atoms with van der Waals surface area (Å²) in [4.78, 5) is 12.7. The molecule has 0 unspecified atom stereocenters. The lowest BCUT2D eigenvalue weighted by atomic mass is 10.1. The smallest absolute Gasteiger partial charge is 0.237 e. The van der Waals surface area contributed by atoms with E-state index in [9.17, 15) is 8.42 Å². The highest BCUT2D eigenvalue weighted by molar-refractivity contribution is 7.94. The Morgan fingerprint density at radius 3 is 2.55 bits per heavy atom. The molecule has 0 aliphatic carbocycles. The van der Waals surface area contributed by atoms with E-state index in [1.807, 2.05) is 36.6 Å². The number of nitrogens with zero attached hydrogens (tertiary/aromatic N) is 3. The van der Waals surface area contributed by atoms with Crippen LogP contribution in [0.4, 0.5) is 23.1 Å². The first-order valence-corrected chi connectivity index (χ1v) is 13.5. The Morgan fingerprint density at radius 2 is 1.85 bits per heavy atom. The summed E-state index contributed by atoms with van der Waals surface area (Å²) >= 11 is 1.57. The minimum absolute atomic E-state index is 0.351. The Kier molecular flexibility index (Phi) is 6.52. The van der Waals surface area contributed by atoms with Crippen molar-refractivity contribution >= 4 is 54.7 Å². The number of rotatable bonds is 6. The van der Waals surface area contributed by atoms with E-state index in [0.29, 0.717) is 23.5 Å². The molecule has 178 valence electrons. The Labute approximate surface area is 199 Å². The lowest BCUT2D eigenvalue weighted by Crippen LogP contribution is -2.37. The summed E-state index contributed by atoms with van der Waals surface area (Å²) in [7, 11) is -1.39. The summed E-state index contributed by atoms with van der Waals surface area (Å²) in [5.74, 6) is 1.31. The fourth-order valence-corrected chi connectivity index (χ4v) is 5.17. The van der Waals surface area contributed by atoms with E-state index in [-0.39, 0.29) is 0 Å². The van der Waals surface area contributed by atoms with Crippen LogP contribution in [0, 0.1) is 6.92 Å². The number of hydrogen-bond donors (Lipinski definition) is 3. The second kappa shape index (κ2) is 9.08. The second-order valence-corrected chi connectivity index (χ2v) is 13.0. The van der Waals surface area contributed by atoms with Crippen LogP contribution < -0.4 is 15.4 Å². The van der Waals surface area contributed by atoms with Gasteiger partial charge >= 0.3 is 0 Å². The fourth-order valence-electron chi connectivity index (χ4n) is 3.60. The van der Waals surface area contributed by atoms with Crippen LogP contribution >= 0.6 is 11.3 Å². The van der Waals surface area contributed by atoms with Crippen molar-refractivity contribution in [2.24, 2.45) is 0 Å². The second-order valence-electron chi connectivity index (χ2n) is 9.63. The molecule has 1 aliphatic heterocycles. The van der Waals surface area contributed by atoms with Gasteiger partial charge in [-0.15, -0.1) is 11.3 Å². The summed E-state index contributed by atoms with van der Waals surface area (Å²) < 4.78 is 27.2. The normalized spacial score (nSPS) is 16.2. The molecule has 0 atom stereocenters. The minimum atomic E-state index is -3.53. The number of aryl methyl sites for hydroxylation is 1. The maximum atomic E-state index is 12.7. The Bertz CT molecular complexity index is 1240. The summed E-state index contributed by atoms with van der Waals surface area (Å²) in [6.07, 6.45) is 2.11. The monoisotopic (exact) mass is 488 g/mol. The number of anilines is 4. The van der Waals surface area contributed by atoms with E-state index < -0.39 is 14.8 Å². The molecule has 0 radical (unpaired) electrons. The van der Waals surface area contributed by atoms with Crippen molar-refractivity contribution in [3.63, 3.8) is 0 Å². The van der Waals surface area contributed by atoms with Crippen molar-refractivity contribution in [3.8, 4) is 0 Å². The van der Waals surface area contributed by atoms with Gasteiger partial charge in [0, 0.05) is 11.7 Å². The molecule has 1 fully saturated rings. The van der Waals surface area contributed by atoms with Crippen molar-refractivity contribution in [1.82, 2.24) is 14.9 Å². The average Bonchev–Trinajstić information content (AvgIpc) is 3.20. The van der Waals surface area contributed by atoms with Crippen LogP contribution in [-0.4, -0.2) is 54.2 Å². The highest BCUT2D eigenvalue weighted by atomic mass is 32.2. The number of piperidine rings is 1. The summed E-state index contributed by atoms with van der Waals surface area (Å²) in [6, 6.07) is 7.98. The molecule has 0 spiro atoms. The molecule has 0 saturated carbocycles. The van der Waals surface area contributed by atoms with Crippen molar-refractivity contribution in [2.45, 2.75) is 51.3 Å². The van der Waals surface area contributed by atoms with Crippen LogP contribution in [0.15, 0.2) is 29.6 Å². The van der Waals surface area contributed by atoms with E-state index in [4.69, 9.17) is 9.97 Å². The number of hydrogen-bond acceptors (Lipinski definition) is 8. The zero-order valence-corrected chi connectivity index (χ0v) is 21.4. The van der Waals surface area contributed by atoms with E-state index >= 15 is 0 Å². The van der Waals surface area contributed by atoms with Gasteiger partial charge in [-0.3, -0.25) is 4.72 Å². The Morgan fingerprint density at radius 1 is 1.12 bits per heavy atom. The van der Waals surface area contributed by atoms with Crippen LogP contribution in [0.2, 0.25) is 0 Å². The van der Waals surface area contributed by atoms with Gasteiger partial charge in [-0.25, -0.2) is 13.4 Å². The molecule has 3 N–H and O–H groups in total. The molecule has 1 aliphatic rings. The van der Waals surface area contributed by atoms with Crippen molar-refractivity contribution < 1.29 is 8.42 Å². The van der Waals surface area contributed by atoms with E-state index in [0.717, 1.165) is 47.4 Å². The van der Waals surface area contributed by atoms with Crippen molar-refractivity contribution in [1.29, 1.82) is 0 Å². The Balaban J connectivity index is 1.60. The highest BCUT2D eigenvalue weighted by Crippen LogP contribution is 2.31. The molecule has 4 rings (SSSR count). The highest BCUT2D eigenvalue weighted by Gasteiger charge is 2.29. The topological polar surface area (TPSA) is 99.2 Å². The van der Waals surface area contributed by atoms with Gasteiger partial charge in [0.2, 0.25) is 16.0 Å². The number of benzene rings is 1. The number of nitrogens with one attached hydrogen (secondary N) is 3. The SMILES string of the molecule is Cc1ccc(Nc2nc(NC3CCN(C)CC3)nc3sccc23)cc1NS(=O)(=O)C(C)(C)C. The third-order valence-corrected chi connectivity index (χ3v) is 8.84. The van der Waals surface area contributed by atoms with Gasteiger partial charge in [0.25, 0.3) is 0 Å². The number of sulfonamides is 1. The van der Waals surface area contributed by atoms with Gasteiger partial charge in [0.05, 0.1) is 15.8 Å². The third-order valence-electron chi connectivity index (χ3n) is 5.93. The molecule has 3 heterocycles. The molecule has 1 saturated heterocycles. The molecule has 8 nitrogen and oxygen atoms in total. The maximum Gasteiger partial charge on any atom is 0.237 e. The van der Waals surface area contributed by atoms with Crippen LogP contribution in [0.1, 0.15) is 39.2 Å². The summed E-state index contributed by atoms with van der Waals surface area (Å²) in [6.45, 7) is 9.04. The van der Waals surface area contributed by atoms with E-state index in [1.165, 1.54) is 0 Å². The number of aromatic nitrogens is 2. The molecule has 1 aromatic carbocycles. The molecular weight excluding hydrogens is 456 g/mol. The van der Waals surface area contributed by atoms with Gasteiger partial charge in [-0.2, -0.15) is 4.98 Å². The first-order valence-electron chi connectivity index (χ1n) is 11.1. The maximum absolute atomic E-state index is 12.7. The zero-order chi connectivity index (χ0) is 23.8. The van der Waals surface area contributed by atoms with Crippen LogP contribution in [0.3, 0.4) is 0 Å². The summed E-state index contributed by atoms with van der Waals surface area (Å²) in [5.41, 5.74) is 2.15. The predicted molar refractivity (Wildman–Crippen MR) is 138 cm³/mol. The molecule has 3 aromatic rings. The molecular formula is C23H32N6O2S2. The summed E-state index contributed by atoms with van der Waals surface area (Å²) in [5, 5.41) is 9.82. The first kappa shape index (κ1) is 23.7. The number of likely N-dealkylation sites (tertiary alicyclic amines) is 1. The average molecular weight is 489 g/mol. The van der Waals surface area contributed by atoms with Crippen LogP contribution in [0.5, 0.6) is 0 Å². The largest absolute Gasteiger partial charge is 0.351 e. The molecule has 2 aromatic heterocycles. The quantitative estimate of drug-likeness (QED) is 0.459. The predicted octanol–water partition coefficient (Wildman–Crippen LogP) is 4.79. The van der Waals surface area contributed by atoms with Gasteiger partial charge in [-0.1, -0.05) is 6.07 Å². The first-order chi connectivity index (χ1) is 15.5. The molecule has 33 heavy (non-hydrogen) atoms. The van der Waals surface area contributed by atoms with Gasteiger partial charge < -0.3 is 15.5 Å². The minimum Gasteiger partial charge on any atom is -0.351 e. The third kappa shape index (κ3) is 5.39. The van der Waals surface area contributed by atoms with Gasteiger partial charge in [0.15, 0.2) is 0 Å². The molecule has 0 bridgehead atoms. The fraction of sp³-hybridized carbons (Fsp3) is 0.478. The van der Waals surface area contributed by atoms with Crippen LogP contribution in [0.25, 0.3) is 10.2 Å². The van der Waals surface area contributed by atoms with Gasteiger partial charge in [-0.05, 0) is 89.8 Å². The van der Waals surface area contributed by atoms with Gasteiger partial charge in [0.1, 0.15) is 10.6 Å². The zero-order valence-electron chi connectivity index (χ0n) is 19.8. The lowest BCUT2D eigenvalue weighted by Gasteiger charge is -2.29. The number of thiophene rings is 1. The Hall–Kier alpha value is -2.43. The number of fused-ring (bicyclic) bond motifs is 1. The lowest BCUT2D eigenvalue weighted by molar-refractivity contribution is 0.263. The van der Waals surface area contributed by atoms with E-state index in [2.05, 4.69) is 27.3 Å². The van der Waals surface area contributed by atoms with Crippen molar-refractivity contribution in [2.75, 3.05) is 35.5 Å². The molecule has 0 amide bonds. The molecule has 10 heteroatoms. The standard InChI is InChI=1S/C23H32N6O2S2/c1-15-6-7-17(14-19(15)28-33(30,31)23(2,3)4)24-20-18-10-13-32-21(18)27-22(26-20)25-16-8-11-29(5)12-9-16/h6-7,10,13-14,16,28H,8-9,11-12H2,1-5H3,(H2,24,25,26,27). The van der Waals surface area contributed by atoms with Crippen LogP contribution in [-0.2, 0) is 10.0 Å². The van der Waals surface area contributed by atoms with E-state index in [1.54, 1.807) is 32.1 Å². The van der Waals surface area contributed by atoms with Crippen molar-refractivity contribution in [3.05, 3.63) is 35.2 Å².